The number of aryl methyl sites for hydroxylation is 1. The van der Waals surface area contributed by atoms with Crippen LogP contribution >= 0.6 is 0 Å². The third kappa shape index (κ3) is 1.29. The minimum atomic E-state index is -0.383. The zero-order valence-corrected chi connectivity index (χ0v) is 10.5. The highest BCUT2D eigenvalue weighted by Crippen LogP contribution is 2.43. The summed E-state index contributed by atoms with van der Waals surface area (Å²) in [6.45, 7) is 5.93. The smallest absolute Gasteiger partial charge is 0.342 e. The molecule has 1 aliphatic rings. The van der Waals surface area contributed by atoms with Gasteiger partial charge in [0.2, 0.25) is 0 Å². The Labute approximate surface area is 104 Å². The molecule has 1 N–H and O–H groups in total. The van der Waals surface area contributed by atoms with Gasteiger partial charge in [0.05, 0.1) is 17.6 Å². The molecule has 0 spiro atoms. The van der Waals surface area contributed by atoms with Crippen molar-refractivity contribution >= 4 is 11.0 Å². The molecule has 18 heavy (non-hydrogen) atoms. The third-order valence-electron chi connectivity index (χ3n) is 3.52. The summed E-state index contributed by atoms with van der Waals surface area (Å²) in [4.78, 5) is 11.8. The van der Waals surface area contributed by atoms with Gasteiger partial charge in [-0.15, -0.1) is 0 Å². The molecule has 0 saturated heterocycles. The van der Waals surface area contributed by atoms with E-state index in [0.717, 1.165) is 16.5 Å². The largest absolute Gasteiger partial charge is 0.508 e. The van der Waals surface area contributed by atoms with Crippen molar-refractivity contribution in [2.75, 3.05) is 6.61 Å². The molecule has 94 valence electrons. The van der Waals surface area contributed by atoms with Crippen LogP contribution in [0.15, 0.2) is 15.3 Å². The van der Waals surface area contributed by atoms with E-state index in [-0.39, 0.29) is 17.3 Å². The van der Waals surface area contributed by atoms with E-state index >= 15 is 0 Å². The number of phenolic OH excluding ortho intramolecular Hbond substituents is 1. The first-order chi connectivity index (χ1) is 8.50. The molecular weight excluding hydrogens is 232 g/mol. The maximum absolute atomic E-state index is 11.8. The Morgan fingerprint density at radius 3 is 2.83 bits per heavy atom. The van der Waals surface area contributed by atoms with Gasteiger partial charge in [0, 0.05) is 11.5 Å². The lowest BCUT2D eigenvalue weighted by molar-refractivity contribution is 0.281. The first kappa shape index (κ1) is 11.1. The molecule has 4 heteroatoms. The Kier molecular flexibility index (Phi) is 2.17. The van der Waals surface area contributed by atoms with Crippen LogP contribution in [0.3, 0.4) is 0 Å². The molecule has 1 atom stereocenters. The second-order valence-corrected chi connectivity index (χ2v) is 4.89. The second kappa shape index (κ2) is 3.51. The van der Waals surface area contributed by atoms with E-state index in [1.165, 1.54) is 0 Å². The fraction of sp³-hybridized carbons (Fsp3) is 0.357. The van der Waals surface area contributed by atoms with E-state index < -0.39 is 0 Å². The molecule has 1 aromatic carbocycles. The number of hydrogen-bond donors (Lipinski definition) is 1. The molecule has 0 unspecified atom stereocenters. The molecule has 0 saturated carbocycles. The quantitative estimate of drug-likeness (QED) is 0.726. The van der Waals surface area contributed by atoms with Gasteiger partial charge in [-0.3, -0.25) is 0 Å². The van der Waals surface area contributed by atoms with Crippen LogP contribution in [0.25, 0.3) is 11.0 Å². The maximum atomic E-state index is 11.8. The lowest BCUT2D eigenvalue weighted by atomic mass is 9.91. The molecule has 2 heterocycles. The summed E-state index contributed by atoms with van der Waals surface area (Å²) in [5.74, 6) is 0.867. The van der Waals surface area contributed by atoms with Gasteiger partial charge in [-0.05, 0) is 25.5 Å². The lowest BCUT2D eigenvalue weighted by Gasteiger charge is -2.25. The summed E-state index contributed by atoms with van der Waals surface area (Å²) in [5.41, 5.74) is 2.14. The summed E-state index contributed by atoms with van der Waals surface area (Å²) in [5, 5.41) is 10.8. The van der Waals surface area contributed by atoms with Crippen molar-refractivity contribution in [3.05, 3.63) is 33.2 Å². The molecule has 1 aliphatic heterocycles. The summed E-state index contributed by atoms with van der Waals surface area (Å²) < 4.78 is 11.0. The summed E-state index contributed by atoms with van der Waals surface area (Å²) in [7, 11) is 0. The predicted molar refractivity (Wildman–Crippen MR) is 67.5 cm³/mol. The summed E-state index contributed by atoms with van der Waals surface area (Å²) in [6.07, 6.45) is 0. The average Bonchev–Trinajstić information content (AvgIpc) is 2.31. The van der Waals surface area contributed by atoms with Gasteiger partial charge in [-0.25, -0.2) is 4.79 Å². The van der Waals surface area contributed by atoms with E-state index in [1.54, 1.807) is 19.9 Å². The Bertz CT molecular complexity index is 712. The van der Waals surface area contributed by atoms with E-state index in [2.05, 4.69) is 0 Å². The van der Waals surface area contributed by atoms with Crippen molar-refractivity contribution < 1.29 is 14.3 Å². The number of aromatic hydroxyl groups is 1. The number of ether oxygens (including phenoxy) is 1. The van der Waals surface area contributed by atoms with Gasteiger partial charge in [0.15, 0.2) is 0 Å². The minimum Gasteiger partial charge on any atom is -0.508 e. The third-order valence-corrected chi connectivity index (χ3v) is 3.52. The first-order valence-corrected chi connectivity index (χ1v) is 5.93. The Hall–Kier alpha value is -1.97. The zero-order valence-electron chi connectivity index (χ0n) is 10.5. The van der Waals surface area contributed by atoms with Gasteiger partial charge in [0.25, 0.3) is 0 Å². The molecular formula is C14H14O4. The van der Waals surface area contributed by atoms with E-state index in [4.69, 9.17) is 9.15 Å². The lowest BCUT2D eigenvalue weighted by Crippen LogP contribution is -2.18. The van der Waals surface area contributed by atoms with Crippen molar-refractivity contribution in [2.45, 2.75) is 26.7 Å². The van der Waals surface area contributed by atoms with Gasteiger partial charge < -0.3 is 14.3 Å². The van der Waals surface area contributed by atoms with E-state index in [1.807, 2.05) is 6.92 Å². The van der Waals surface area contributed by atoms with Crippen molar-refractivity contribution in [3.63, 3.8) is 0 Å². The molecule has 2 aromatic rings. The molecule has 0 radical (unpaired) electrons. The van der Waals surface area contributed by atoms with Crippen LogP contribution in [0.5, 0.6) is 11.5 Å². The SMILES string of the molecule is Cc1c2c3c(c(O)cc(C)c3oc1=O)[C@@H](C)CO2. The Balaban J connectivity index is 2.61. The molecule has 0 bridgehead atoms. The molecule has 0 aliphatic carbocycles. The second-order valence-electron chi connectivity index (χ2n) is 4.89. The molecule has 3 rings (SSSR count). The van der Waals surface area contributed by atoms with E-state index in [0.29, 0.717) is 23.5 Å². The number of hydrogen-bond acceptors (Lipinski definition) is 4. The van der Waals surface area contributed by atoms with Gasteiger partial charge in [-0.1, -0.05) is 6.92 Å². The minimum absolute atomic E-state index is 0.0766. The van der Waals surface area contributed by atoms with Gasteiger partial charge in [0.1, 0.15) is 17.1 Å². The van der Waals surface area contributed by atoms with Crippen LogP contribution in [0, 0.1) is 13.8 Å². The molecule has 4 nitrogen and oxygen atoms in total. The fourth-order valence-electron chi connectivity index (χ4n) is 2.57. The van der Waals surface area contributed by atoms with Crippen molar-refractivity contribution in [1.29, 1.82) is 0 Å². The predicted octanol–water partition coefficient (Wildman–Crippen LogP) is 2.61. The molecule has 0 fully saturated rings. The normalized spacial score (nSPS) is 17.8. The number of phenols is 1. The Morgan fingerprint density at radius 1 is 1.39 bits per heavy atom. The fourth-order valence-corrected chi connectivity index (χ4v) is 2.57. The topological polar surface area (TPSA) is 59.7 Å². The summed E-state index contributed by atoms with van der Waals surface area (Å²) >= 11 is 0. The highest BCUT2D eigenvalue weighted by Gasteiger charge is 2.27. The van der Waals surface area contributed by atoms with Gasteiger partial charge >= 0.3 is 5.63 Å². The van der Waals surface area contributed by atoms with Gasteiger partial charge in [-0.2, -0.15) is 0 Å². The van der Waals surface area contributed by atoms with Crippen molar-refractivity contribution in [1.82, 2.24) is 0 Å². The zero-order chi connectivity index (χ0) is 13.0. The highest BCUT2D eigenvalue weighted by molar-refractivity contribution is 5.93. The van der Waals surface area contributed by atoms with Crippen LogP contribution in [0.2, 0.25) is 0 Å². The molecule has 1 aromatic heterocycles. The molecule has 0 amide bonds. The van der Waals surface area contributed by atoms with Crippen LogP contribution < -0.4 is 10.4 Å². The van der Waals surface area contributed by atoms with E-state index in [9.17, 15) is 9.90 Å². The monoisotopic (exact) mass is 246 g/mol. The van der Waals surface area contributed by atoms with Crippen LogP contribution in [-0.4, -0.2) is 11.7 Å². The van der Waals surface area contributed by atoms with Crippen molar-refractivity contribution in [2.24, 2.45) is 0 Å². The summed E-state index contributed by atoms with van der Waals surface area (Å²) in [6, 6.07) is 1.64. The first-order valence-electron chi connectivity index (χ1n) is 5.93. The number of rotatable bonds is 0. The van der Waals surface area contributed by atoms with Crippen LogP contribution in [-0.2, 0) is 0 Å². The maximum Gasteiger partial charge on any atom is 0.342 e. The standard InChI is InChI=1S/C14H14O4/c1-6-4-9(15)10-7(2)5-17-13-8(3)14(16)18-12(6)11(10)13/h4,7,15H,5H2,1-3H3/t7-/m0/s1. The van der Waals surface area contributed by atoms with Crippen LogP contribution in [0.1, 0.15) is 29.5 Å². The van der Waals surface area contributed by atoms with Crippen LogP contribution in [0.4, 0.5) is 0 Å². The number of benzene rings is 1. The van der Waals surface area contributed by atoms with Crippen molar-refractivity contribution in [3.8, 4) is 11.5 Å². The highest BCUT2D eigenvalue weighted by atomic mass is 16.5. The average molecular weight is 246 g/mol. The Morgan fingerprint density at radius 2 is 2.11 bits per heavy atom.